The zero-order valence-electron chi connectivity index (χ0n) is 16.5. The summed E-state index contributed by atoms with van der Waals surface area (Å²) in [5.41, 5.74) is 3.82. The first-order valence-electron chi connectivity index (χ1n) is 9.67. The summed E-state index contributed by atoms with van der Waals surface area (Å²) in [6, 6.07) is 19.3. The minimum absolute atomic E-state index is 0.116. The molecular weight excluding hydrogens is 416 g/mol. The van der Waals surface area contributed by atoms with Crippen LogP contribution in [0.15, 0.2) is 78.4 Å². The summed E-state index contributed by atoms with van der Waals surface area (Å²) in [5, 5.41) is 5.75. The van der Waals surface area contributed by atoms with E-state index in [0.717, 1.165) is 28.1 Å². The van der Waals surface area contributed by atoms with Crippen molar-refractivity contribution in [3.8, 4) is 22.6 Å². The highest BCUT2D eigenvalue weighted by atomic mass is 35.5. The van der Waals surface area contributed by atoms with Crippen LogP contribution in [0, 0.1) is 0 Å². The summed E-state index contributed by atoms with van der Waals surface area (Å²) in [5.74, 6) is 0.675. The van der Waals surface area contributed by atoms with Crippen LogP contribution in [0.1, 0.15) is 22.2 Å². The van der Waals surface area contributed by atoms with E-state index >= 15 is 0 Å². The number of carbonyl (C=O) groups excluding carboxylic acids is 1. The first-order valence-corrected chi connectivity index (χ1v) is 10.9. The molecule has 0 aliphatic rings. The van der Waals surface area contributed by atoms with Crippen LogP contribution in [-0.2, 0) is 6.54 Å². The van der Waals surface area contributed by atoms with Crippen molar-refractivity contribution >= 4 is 28.8 Å². The van der Waals surface area contributed by atoms with Crippen molar-refractivity contribution in [2.45, 2.75) is 13.5 Å². The van der Waals surface area contributed by atoms with Gasteiger partial charge in [-0.05, 0) is 42.8 Å². The van der Waals surface area contributed by atoms with Crippen molar-refractivity contribution in [1.82, 2.24) is 9.88 Å². The monoisotopic (exact) mass is 436 g/mol. The Hall–Kier alpha value is -3.02. The van der Waals surface area contributed by atoms with Crippen LogP contribution in [0.3, 0.4) is 0 Å². The Balaban J connectivity index is 1.64. The molecule has 0 spiro atoms. The molecule has 2 aromatic heterocycles. The van der Waals surface area contributed by atoms with Crippen molar-refractivity contribution < 1.29 is 9.53 Å². The highest BCUT2D eigenvalue weighted by Gasteiger charge is 2.20. The van der Waals surface area contributed by atoms with Gasteiger partial charge in [0, 0.05) is 40.5 Å². The minimum Gasteiger partial charge on any atom is -0.494 e. The summed E-state index contributed by atoms with van der Waals surface area (Å²) in [6.45, 7) is 2.93. The largest absolute Gasteiger partial charge is 0.494 e. The number of nitrogens with one attached hydrogen (secondary N) is 1. The Bertz CT molecular complexity index is 1130. The molecule has 0 bridgehead atoms. The van der Waals surface area contributed by atoms with Crippen molar-refractivity contribution in [3.63, 3.8) is 0 Å². The summed E-state index contributed by atoms with van der Waals surface area (Å²) in [7, 11) is 0. The first kappa shape index (κ1) is 20.3. The quantitative estimate of drug-likeness (QED) is 0.375. The molecule has 0 aliphatic heterocycles. The number of hydrogen-bond acceptors (Lipinski definition) is 3. The van der Waals surface area contributed by atoms with Gasteiger partial charge in [-0.25, -0.2) is 0 Å². The van der Waals surface area contributed by atoms with Gasteiger partial charge in [0.05, 0.1) is 12.3 Å². The molecule has 4 nitrogen and oxygen atoms in total. The van der Waals surface area contributed by atoms with E-state index in [4.69, 9.17) is 16.3 Å². The third-order valence-corrected chi connectivity index (χ3v) is 5.92. The van der Waals surface area contributed by atoms with Gasteiger partial charge in [-0.15, -0.1) is 11.3 Å². The van der Waals surface area contributed by atoms with Gasteiger partial charge in [0.15, 0.2) is 0 Å². The highest BCUT2D eigenvalue weighted by molar-refractivity contribution is 7.13. The Kier molecular flexibility index (Phi) is 6.21. The van der Waals surface area contributed by atoms with Crippen molar-refractivity contribution in [2.75, 3.05) is 6.61 Å². The fraction of sp³-hybridized carbons (Fsp3) is 0.125. The van der Waals surface area contributed by atoms with Crippen LogP contribution >= 0.6 is 22.9 Å². The standard InChI is InChI=1S/C24H21ClN2O2S/c1-2-29-21-8-4-3-7-18(21)15-26-24(28)23-22(27-13-5-6-14-27)20(16-30-23)17-9-11-19(25)12-10-17/h3-14,16H,2,15H2,1H3,(H,26,28). The molecule has 4 aromatic rings. The van der Waals surface area contributed by atoms with E-state index in [-0.39, 0.29) is 5.91 Å². The number of thiophene rings is 1. The maximum Gasteiger partial charge on any atom is 0.263 e. The van der Waals surface area contributed by atoms with E-state index in [1.165, 1.54) is 11.3 Å². The SMILES string of the molecule is CCOc1ccccc1CNC(=O)c1scc(-c2ccc(Cl)cc2)c1-n1cccc1. The van der Waals surface area contributed by atoms with Gasteiger partial charge in [0.25, 0.3) is 5.91 Å². The Morgan fingerprint density at radius 1 is 1.07 bits per heavy atom. The second-order valence-corrected chi connectivity index (χ2v) is 7.96. The second kappa shape index (κ2) is 9.20. The highest BCUT2D eigenvalue weighted by Crippen LogP contribution is 2.35. The normalized spacial score (nSPS) is 10.7. The van der Waals surface area contributed by atoms with Gasteiger partial charge in [-0.3, -0.25) is 4.79 Å². The van der Waals surface area contributed by atoms with Crippen molar-refractivity contribution in [3.05, 3.63) is 93.9 Å². The average molecular weight is 437 g/mol. The molecule has 0 saturated heterocycles. The number of nitrogens with zero attached hydrogens (tertiary/aromatic N) is 1. The summed E-state index contributed by atoms with van der Waals surface area (Å²) < 4.78 is 7.64. The van der Waals surface area contributed by atoms with E-state index in [1.807, 2.05) is 89.9 Å². The molecule has 4 rings (SSSR count). The average Bonchev–Trinajstić information content (AvgIpc) is 3.43. The van der Waals surface area contributed by atoms with Gasteiger partial charge >= 0.3 is 0 Å². The number of benzene rings is 2. The molecule has 0 fully saturated rings. The molecule has 6 heteroatoms. The van der Waals surface area contributed by atoms with Crippen LogP contribution in [-0.4, -0.2) is 17.1 Å². The van der Waals surface area contributed by atoms with E-state index in [9.17, 15) is 4.79 Å². The van der Waals surface area contributed by atoms with Gasteiger partial charge < -0.3 is 14.6 Å². The molecule has 0 atom stereocenters. The second-order valence-electron chi connectivity index (χ2n) is 6.65. The van der Waals surface area contributed by atoms with Crippen LogP contribution in [0.25, 0.3) is 16.8 Å². The predicted octanol–water partition coefficient (Wildman–Crippen LogP) is 6.19. The van der Waals surface area contributed by atoms with Crippen LogP contribution in [0.4, 0.5) is 0 Å². The molecule has 2 aromatic carbocycles. The lowest BCUT2D eigenvalue weighted by Gasteiger charge is -2.12. The zero-order valence-corrected chi connectivity index (χ0v) is 18.0. The molecular formula is C24H21ClN2O2S. The number of carbonyl (C=O) groups is 1. The number of rotatable bonds is 7. The maximum absolute atomic E-state index is 13.1. The van der Waals surface area contributed by atoms with Crippen LogP contribution in [0.2, 0.25) is 5.02 Å². The van der Waals surface area contributed by atoms with E-state index < -0.39 is 0 Å². The lowest BCUT2D eigenvalue weighted by molar-refractivity contribution is 0.0954. The number of amides is 1. The van der Waals surface area contributed by atoms with Crippen molar-refractivity contribution in [1.29, 1.82) is 0 Å². The minimum atomic E-state index is -0.116. The predicted molar refractivity (Wildman–Crippen MR) is 123 cm³/mol. The summed E-state index contributed by atoms with van der Waals surface area (Å²) in [4.78, 5) is 13.8. The Morgan fingerprint density at radius 3 is 2.53 bits per heavy atom. The zero-order chi connectivity index (χ0) is 20.9. The molecule has 0 radical (unpaired) electrons. The Labute approximate surface area is 184 Å². The van der Waals surface area contributed by atoms with Gasteiger partial charge in [-0.2, -0.15) is 0 Å². The van der Waals surface area contributed by atoms with E-state index in [2.05, 4.69) is 5.32 Å². The number of aromatic nitrogens is 1. The molecule has 152 valence electrons. The fourth-order valence-corrected chi connectivity index (χ4v) is 4.40. The summed E-state index contributed by atoms with van der Waals surface area (Å²) >= 11 is 7.49. The lowest BCUT2D eigenvalue weighted by Crippen LogP contribution is -2.23. The topological polar surface area (TPSA) is 43.3 Å². The van der Waals surface area contributed by atoms with E-state index in [1.54, 1.807) is 0 Å². The number of ether oxygens (including phenoxy) is 1. The Morgan fingerprint density at radius 2 is 1.80 bits per heavy atom. The molecule has 1 amide bonds. The molecule has 1 N–H and O–H groups in total. The third kappa shape index (κ3) is 4.27. The van der Waals surface area contributed by atoms with Gasteiger partial charge in [-0.1, -0.05) is 41.9 Å². The van der Waals surface area contributed by atoms with Crippen molar-refractivity contribution in [2.24, 2.45) is 0 Å². The van der Waals surface area contributed by atoms with Crippen LogP contribution < -0.4 is 10.1 Å². The third-order valence-electron chi connectivity index (χ3n) is 4.70. The number of hydrogen-bond donors (Lipinski definition) is 1. The summed E-state index contributed by atoms with van der Waals surface area (Å²) in [6.07, 6.45) is 3.89. The first-order chi connectivity index (χ1) is 14.7. The number of halogens is 1. The molecule has 0 aliphatic carbocycles. The molecule has 2 heterocycles. The van der Waals surface area contributed by atoms with Gasteiger partial charge in [0.1, 0.15) is 10.6 Å². The van der Waals surface area contributed by atoms with Gasteiger partial charge in [0.2, 0.25) is 0 Å². The fourth-order valence-electron chi connectivity index (χ4n) is 3.29. The molecule has 0 saturated carbocycles. The smallest absolute Gasteiger partial charge is 0.263 e. The lowest BCUT2D eigenvalue weighted by atomic mass is 10.1. The van der Waals surface area contributed by atoms with E-state index in [0.29, 0.717) is 23.1 Å². The molecule has 30 heavy (non-hydrogen) atoms. The molecule has 0 unspecified atom stereocenters. The maximum atomic E-state index is 13.1. The van der Waals surface area contributed by atoms with Crippen LogP contribution in [0.5, 0.6) is 5.75 Å². The number of para-hydroxylation sites is 1.